The zero-order valence-corrected chi connectivity index (χ0v) is 8.48. The summed E-state index contributed by atoms with van der Waals surface area (Å²) in [6.07, 6.45) is 5.06. The van der Waals surface area contributed by atoms with Crippen molar-refractivity contribution in [1.29, 1.82) is 0 Å². The summed E-state index contributed by atoms with van der Waals surface area (Å²) in [5.41, 5.74) is 5.91. The van der Waals surface area contributed by atoms with Gasteiger partial charge in [0.25, 0.3) is 0 Å². The van der Waals surface area contributed by atoms with Gasteiger partial charge in [-0.15, -0.1) is 0 Å². The third kappa shape index (κ3) is 7.86. The van der Waals surface area contributed by atoms with Crippen LogP contribution in [0.5, 0.6) is 0 Å². The summed E-state index contributed by atoms with van der Waals surface area (Å²) < 4.78 is 0. The van der Waals surface area contributed by atoms with Crippen LogP contribution in [0.1, 0.15) is 53.4 Å². The average molecular weight is 157 g/mol. The fraction of sp³-hybridized carbons (Fsp3) is 1.00. The molecular formula is C10H23N. The molecule has 68 valence electrons. The van der Waals surface area contributed by atoms with Gasteiger partial charge >= 0.3 is 0 Å². The molecule has 11 heavy (non-hydrogen) atoms. The van der Waals surface area contributed by atoms with E-state index in [0.29, 0.717) is 0 Å². The van der Waals surface area contributed by atoms with Crippen molar-refractivity contribution in [2.75, 3.05) is 0 Å². The van der Waals surface area contributed by atoms with Crippen LogP contribution in [0.3, 0.4) is 0 Å². The van der Waals surface area contributed by atoms with Crippen molar-refractivity contribution in [3.63, 3.8) is 0 Å². The van der Waals surface area contributed by atoms with Crippen molar-refractivity contribution in [1.82, 2.24) is 0 Å². The molecule has 0 saturated carbocycles. The molecule has 2 N–H and O–H groups in total. The van der Waals surface area contributed by atoms with Crippen molar-refractivity contribution in [3.8, 4) is 0 Å². The maximum atomic E-state index is 5.88. The molecule has 0 aromatic rings. The van der Waals surface area contributed by atoms with E-state index in [-0.39, 0.29) is 5.54 Å². The Kier molecular flexibility index (Phi) is 4.74. The summed E-state index contributed by atoms with van der Waals surface area (Å²) in [7, 11) is 0. The van der Waals surface area contributed by atoms with Gasteiger partial charge in [0.2, 0.25) is 0 Å². The fourth-order valence-electron chi connectivity index (χ4n) is 1.26. The summed E-state index contributed by atoms with van der Waals surface area (Å²) in [6, 6.07) is 0. The van der Waals surface area contributed by atoms with Crippen LogP contribution in [0.2, 0.25) is 0 Å². The lowest BCUT2D eigenvalue weighted by Gasteiger charge is -2.20. The van der Waals surface area contributed by atoms with E-state index >= 15 is 0 Å². The maximum Gasteiger partial charge on any atom is 0.00971 e. The first kappa shape index (κ1) is 11.0. The molecule has 0 spiro atoms. The standard InChI is InChI=1S/C10H23N/c1-5-6-9(2)7-8-10(3,4)11/h9H,5-8,11H2,1-4H3. The Hall–Kier alpha value is -0.0400. The van der Waals surface area contributed by atoms with E-state index in [1.54, 1.807) is 0 Å². The molecule has 0 radical (unpaired) electrons. The smallest absolute Gasteiger partial charge is 0.00971 e. The Morgan fingerprint density at radius 1 is 1.27 bits per heavy atom. The molecule has 1 heteroatoms. The molecule has 0 aliphatic heterocycles. The van der Waals surface area contributed by atoms with Gasteiger partial charge in [0, 0.05) is 5.54 Å². The van der Waals surface area contributed by atoms with Crippen molar-refractivity contribution in [3.05, 3.63) is 0 Å². The molecule has 0 fully saturated rings. The van der Waals surface area contributed by atoms with Gasteiger partial charge in [-0.1, -0.05) is 26.7 Å². The third-order valence-corrected chi connectivity index (χ3v) is 2.06. The van der Waals surface area contributed by atoms with Gasteiger partial charge in [-0.2, -0.15) is 0 Å². The van der Waals surface area contributed by atoms with Crippen LogP contribution in [0.4, 0.5) is 0 Å². The van der Waals surface area contributed by atoms with Gasteiger partial charge in [0.15, 0.2) is 0 Å². The summed E-state index contributed by atoms with van der Waals surface area (Å²) in [4.78, 5) is 0. The van der Waals surface area contributed by atoms with Gasteiger partial charge in [0.05, 0.1) is 0 Å². The normalized spacial score (nSPS) is 15.0. The van der Waals surface area contributed by atoms with Crippen LogP contribution in [0.25, 0.3) is 0 Å². The van der Waals surface area contributed by atoms with E-state index < -0.39 is 0 Å². The number of nitrogens with two attached hydrogens (primary N) is 1. The predicted octanol–water partition coefficient (Wildman–Crippen LogP) is 2.94. The highest BCUT2D eigenvalue weighted by Gasteiger charge is 2.11. The minimum atomic E-state index is 0.0298. The van der Waals surface area contributed by atoms with Crippen LogP contribution >= 0.6 is 0 Å². The Morgan fingerprint density at radius 2 is 1.82 bits per heavy atom. The molecule has 1 unspecified atom stereocenters. The number of rotatable bonds is 5. The second-order valence-electron chi connectivity index (χ2n) is 4.42. The molecule has 0 amide bonds. The first-order valence-electron chi connectivity index (χ1n) is 4.74. The lowest BCUT2D eigenvalue weighted by molar-refractivity contribution is 0.385. The van der Waals surface area contributed by atoms with Gasteiger partial charge in [-0.05, 0) is 32.6 Å². The number of hydrogen-bond donors (Lipinski definition) is 1. The van der Waals surface area contributed by atoms with Gasteiger partial charge in [0.1, 0.15) is 0 Å². The fourth-order valence-corrected chi connectivity index (χ4v) is 1.26. The highest BCUT2D eigenvalue weighted by molar-refractivity contribution is 4.72. The lowest BCUT2D eigenvalue weighted by Crippen LogP contribution is -2.32. The maximum absolute atomic E-state index is 5.88. The molecule has 0 heterocycles. The average Bonchev–Trinajstić information content (AvgIpc) is 1.83. The molecule has 0 aliphatic rings. The first-order valence-corrected chi connectivity index (χ1v) is 4.74. The Balaban J connectivity index is 3.38. The van der Waals surface area contributed by atoms with E-state index in [1.807, 2.05) is 0 Å². The van der Waals surface area contributed by atoms with Gasteiger partial charge < -0.3 is 5.73 Å². The van der Waals surface area contributed by atoms with Crippen molar-refractivity contribution in [2.24, 2.45) is 11.7 Å². The van der Waals surface area contributed by atoms with Crippen molar-refractivity contribution in [2.45, 2.75) is 58.9 Å². The Bertz CT molecular complexity index is 91.5. The van der Waals surface area contributed by atoms with Crippen LogP contribution in [0, 0.1) is 5.92 Å². The number of hydrogen-bond acceptors (Lipinski definition) is 1. The van der Waals surface area contributed by atoms with E-state index in [9.17, 15) is 0 Å². The van der Waals surface area contributed by atoms with E-state index in [0.717, 1.165) is 12.3 Å². The summed E-state index contributed by atoms with van der Waals surface area (Å²) in [5.74, 6) is 0.850. The molecule has 0 rings (SSSR count). The molecule has 1 atom stereocenters. The summed E-state index contributed by atoms with van der Waals surface area (Å²) in [6.45, 7) is 8.76. The second-order valence-corrected chi connectivity index (χ2v) is 4.42. The van der Waals surface area contributed by atoms with Crippen LogP contribution in [-0.4, -0.2) is 5.54 Å². The molecule has 0 saturated heterocycles. The predicted molar refractivity (Wildman–Crippen MR) is 51.6 cm³/mol. The largest absolute Gasteiger partial charge is 0.326 e. The summed E-state index contributed by atoms with van der Waals surface area (Å²) >= 11 is 0. The Labute approximate surface area is 71.4 Å². The highest BCUT2D eigenvalue weighted by atomic mass is 14.7. The lowest BCUT2D eigenvalue weighted by atomic mass is 9.92. The van der Waals surface area contributed by atoms with Crippen molar-refractivity contribution < 1.29 is 0 Å². The quantitative estimate of drug-likeness (QED) is 0.652. The van der Waals surface area contributed by atoms with Crippen LogP contribution in [-0.2, 0) is 0 Å². The van der Waals surface area contributed by atoms with E-state index in [4.69, 9.17) is 5.73 Å². The highest BCUT2D eigenvalue weighted by Crippen LogP contribution is 2.17. The van der Waals surface area contributed by atoms with E-state index in [2.05, 4.69) is 27.7 Å². The topological polar surface area (TPSA) is 26.0 Å². The zero-order valence-electron chi connectivity index (χ0n) is 8.48. The zero-order chi connectivity index (χ0) is 8.91. The Morgan fingerprint density at radius 3 is 2.18 bits per heavy atom. The minimum absolute atomic E-state index is 0.0298. The molecular weight excluding hydrogens is 134 g/mol. The van der Waals surface area contributed by atoms with Gasteiger partial charge in [-0.3, -0.25) is 0 Å². The van der Waals surface area contributed by atoms with Crippen molar-refractivity contribution >= 4 is 0 Å². The molecule has 0 aromatic carbocycles. The SMILES string of the molecule is CCCC(C)CCC(C)(C)N. The van der Waals surface area contributed by atoms with Crippen LogP contribution < -0.4 is 5.73 Å². The molecule has 0 aromatic heterocycles. The molecule has 1 nitrogen and oxygen atoms in total. The second kappa shape index (κ2) is 4.76. The minimum Gasteiger partial charge on any atom is -0.326 e. The monoisotopic (exact) mass is 157 g/mol. The third-order valence-electron chi connectivity index (χ3n) is 2.06. The van der Waals surface area contributed by atoms with Gasteiger partial charge in [-0.25, -0.2) is 0 Å². The van der Waals surface area contributed by atoms with Crippen LogP contribution in [0.15, 0.2) is 0 Å². The molecule has 0 bridgehead atoms. The molecule has 0 aliphatic carbocycles. The summed E-state index contributed by atoms with van der Waals surface area (Å²) in [5, 5.41) is 0. The first-order chi connectivity index (χ1) is 4.95. The van der Waals surface area contributed by atoms with E-state index in [1.165, 1.54) is 19.3 Å².